The summed E-state index contributed by atoms with van der Waals surface area (Å²) >= 11 is 0. The molecule has 0 aromatic heterocycles. The van der Waals surface area contributed by atoms with Crippen molar-refractivity contribution in [2.24, 2.45) is 5.10 Å². The van der Waals surface area contributed by atoms with Crippen LogP contribution in [0.5, 0.6) is 0 Å². The second kappa shape index (κ2) is 7.75. The standard InChI is InChI=1S/C19H21N3O2/c23-19(24)18-8-6-16(7-9-18)14-20-22-12-10-21(11-13-22)15-17-4-2-1-3-5-17/h1-9,14H,10-13,15H2,(H,23,24). The third-order valence-corrected chi connectivity index (χ3v) is 4.26. The molecule has 24 heavy (non-hydrogen) atoms. The molecule has 2 aromatic rings. The predicted molar refractivity (Wildman–Crippen MR) is 90.8 cm³/mol. The molecule has 1 aliphatic rings. The van der Waals surface area contributed by atoms with E-state index in [0.29, 0.717) is 0 Å². The molecule has 5 heteroatoms. The van der Waals surface area contributed by atoms with Gasteiger partial charge in [-0.1, -0.05) is 54.6 Å². The van der Waals surface area contributed by atoms with Crippen LogP contribution in [-0.2, 0) is 6.54 Å². The Morgan fingerprint density at radius 2 is 1.75 bits per heavy atom. The highest BCUT2D eigenvalue weighted by molar-refractivity contribution is 5.87. The highest BCUT2D eigenvalue weighted by atomic mass is 16.4. The molecule has 0 atom stereocenters. The zero-order valence-electron chi connectivity index (χ0n) is 13.5. The maximum absolute atomic E-state index is 10.7. The van der Waals surface area contributed by atoms with Gasteiger partial charge < -0.3 is 14.8 Å². The number of carboxylic acids is 1. The monoisotopic (exact) mass is 323 g/mol. The zero-order chi connectivity index (χ0) is 16.8. The number of hydrazone groups is 1. The third kappa shape index (κ3) is 4.43. The van der Waals surface area contributed by atoms with E-state index in [9.17, 15) is 9.90 Å². The number of nitrogens with zero attached hydrogens (tertiary/aromatic N) is 2. The number of rotatable bonds is 5. The smallest absolute Gasteiger partial charge is 0.103 e. The quantitative estimate of drug-likeness (QED) is 0.774. The average Bonchev–Trinajstić information content (AvgIpc) is 2.62. The van der Waals surface area contributed by atoms with Crippen molar-refractivity contribution in [2.75, 3.05) is 26.2 Å². The SMILES string of the molecule is O=C([O-])c1ccc(C=NN2CC[NH+](Cc3ccccc3)CC2)cc1. The lowest BCUT2D eigenvalue weighted by molar-refractivity contribution is -0.918. The minimum atomic E-state index is -1.16. The van der Waals surface area contributed by atoms with E-state index in [1.54, 1.807) is 35.4 Å². The largest absolute Gasteiger partial charge is 0.545 e. The summed E-state index contributed by atoms with van der Waals surface area (Å²) in [6.07, 6.45) is 1.78. The number of piperazine rings is 1. The number of benzene rings is 2. The van der Waals surface area contributed by atoms with Crippen LogP contribution >= 0.6 is 0 Å². The first-order valence-corrected chi connectivity index (χ1v) is 8.18. The lowest BCUT2D eigenvalue weighted by Crippen LogP contribution is -3.13. The van der Waals surface area contributed by atoms with Crippen molar-refractivity contribution in [1.29, 1.82) is 0 Å². The van der Waals surface area contributed by atoms with Crippen molar-refractivity contribution in [3.8, 4) is 0 Å². The van der Waals surface area contributed by atoms with Gasteiger partial charge in [0.25, 0.3) is 0 Å². The highest BCUT2D eigenvalue weighted by Crippen LogP contribution is 2.02. The van der Waals surface area contributed by atoms with Crippen LogP contribution < -0.4 is 10.0 Å². The Labute approximate surface area is 141 Å². The molecule has 0 bridgehead atoms. The molecule has 0 aliphatic carbocycles. The maximum atomic E-state index is 10.7. The topological polar surface area (TPSA) is 60.2 Å². The fourth-order valence-electron chi connectivity index (χ4n) is 2.84. The van der Waals surface area contributed by atoms with Crippen molar-refractivity contribution < 1.29 is 14.8 Å². The molecule has 0 radical (unpaired) electrons. The van der Waals surface area contributed by atoms with E-state index in [0.717, 1.165) is 38.3 Å². The van der Waals surface area contributed by atoms with E-state index >= 15 is 0 Å². The number of carboxylic acid groups (broad SMARTS) is 1. The van der Waals surface area contributed by atoms with Crippen LogP contribution in [0.2, 0.25) is 0 Å². The molecule has 0 spiro atoms. The van der Waals surface area contributed by atoms with Crippen LogP contribution in [0.4, 0.5) is 0 Å². The second-order valence-electron chi connectivity index (χ2n) is 6.02. The molecule has 0 saturated carbocycles. The van der Waals surface area contributed by atoms with E-state index in [-0.39, 0.29) is 5.56 Å². The number of hydrogen-bond donors (Lipinski definition) is 1. The predicted octanol–water partition coefficient (Wildman–Crippen LogP) is -0.215. The van der Waals surface area contributed by atoms with Gasteiger partial charge in [0.05, 0.1) is 38.4 Å². The van der Waals surface area contributed by atoms with Crippen molar-refractivity contribution in [1.82, 2.24) is 5.01 Å². The molecule has 1 fully saturated rings. The molecule has 1 N–H and O–H groups in total. The van der Waals surface area contributed by atoms with E-state index in [2.05, 4.69) is 34.4 Å². The highest BCUT2D eigenvalue weighted by Gasteiger charge is 2.18. The summed E-state index contributed by atoms with van der Waals surface area (Å²) < 4.78 is 0. The lowest BCUT2D eigenvalue weighted by atomic mass is 10.1. The maximum Gasteiger partial charge on any atom is 0.103 e. The van der Waals surface area contributed by atoms with Crippen LogP contribution in [0.1, 0.15) is 21.5 Å². The number of carbonyl (C=O) groups excluding carboxylic acids is 1. The summed E-state index contributed by atoms with van der Waals surface area (Å²) in [5, 5.41) is 17.3. The van der Waals surface area contributed by atoms with Gasteiger partial charge in [0.2, 0.25) is 0 Å². The summed E-state index contributed by atoms with van der Waals surface area (Å²) in [7, 11) is 0. The van der Waals surface area contributed by atoms with Crippen molar-refractivity contribution in [3.63, 3.8) is 0 Å². The number of quaternary nitrogens is 1. The van der Waals surface area contributed by atoms with Gasteiger partial charge in [-0.25, -0.2) is 0 Å². The average molecular weight is 323 g/mol. The molecule has 5 nitrogen and oxygen atoms in total. The van der Waals surface area contributed by atoms with E-state index in [1.807, 2.05) is 6.07 Å². The molecule has 1 saturated heterocycles. The van der Waals surface area contributed by atoms with Crippen molar-refractivity contribution >= 4 is 12.2 Å². The first-order chi connectivity index (χ1) is 11.7. The van der Waals surface area contributed by atoms with Gasteiger partial charge in [0, 0.05) is 5.56 Å². The number of hydrogen-bond acceptors (Lipinski definition) is 4. The first-order valence-electron chi connectivity index (χ1n) is 8.18. The Hall–Kier alpha value is -2.66. The molecular weight excluding hydrogens is 302 g/mol. The van der Waals surface area contributed by atoms with Crippen LogP contribution in [0.15, 0.2) is 59.7 Å². The summed E-state index contributed by atoms with van der Waals surface area (Å²) in [6, 6.07) is 17.1. The van der Waals surface area contributed by atoms with Gasteiger partial charge in [-0.15, -0.1) is 0 Å². The molecule has 0 amide bonds. The molecule has 0 unspecified atom stereocenters. The summed E-state index contributed by atoms with van der Waals surface area (Å²) in [4.78, 5) is 12.3. The number of aromatic carboxylic acids is 1. The molecular formula is C19H21N3O2. The van der Waals surface area contributed by atoms with Crippen LogP contribution in [0.3, 0.4) is 0 Å². The lowest BCUT2D eigenvalue weighted by Gasteiger charge is -2.30. The van der Waals surface area contributed by atoms with Gasteiger partial charge >= 0.3 is 0 Å². The molecule has 1 heterocycles. The van der Waals surface area contributed by atoms with E-state index in [1.165, 1.54) is 5.56 Å². The van der Waals surface area contributed by atoms with Crippen molar-refractivity contribution in [3.05, 3.63) is 71.3 Å². The summed E-state index contributed by atoms with van der Waals surface area (Å²) in [5.74, 6) is -1.16. The molecule has 124 valence electrons. The van der Waals surface area contributed by atoms with Crippen LogP contribution in [0, 0.1) is 0 Å². The Kier molecular flexibility index (Phi) is 5.23. The summed E-state index contributed by atoms with van der Waals surface area (Å²) in [5.41, 5.74) is 2.45. The van der Waals surface area contributed by atoms with Gasteiger partial charge in [-0.3, -0.25) is 5.01 Å². The Bertz CT molecular complexity index is 690. The van der Waals surface area contributed by atoms with Gasteiger partial charge in [-0.05, 0) is 11.1 Å². The molecule has 2 aromatic carbocycles. The summed E-state index contributed by atoms with van der Waals surface area (Å²) in [6.45, 7) is 5.04. The van der Waals surface area contributed by atoms with Gasteiger partial charge in [-0.2, -0.15) is 5.10 Å². The number of carbonyl (C=O) groups is 1. The van der Waals surface area contributed by atoms with Gasteiger partial charge in [0.1, 0.15) is 6.54 Å². The second-order valence-corrected chi connectivity index (χ2v) is 6.02. The Morgan fingerprint density at radius 3 is 2.38 bits per heavy atom. The van der Waals surface area contributed by atoms with E-state index < -0.39 is 5.97 Å². The minimum absolute atomic E-state index is 0.185. The Balaban J connectivity index is 1.49. The van der Waals surface area contributed by atoms with Gasteiger partial charge in [0.15, 0.2) is 0 Å². The fourth-order valence-corrected chi connectivity index (χ4v) is 2.84. The minimum Gasteiger partial charge on any atom is -0.545 e. The van der Waals surface area contributed by atoms with Crippen molar-refractivity contribution in [2.45, 2.75) is 6.54 Å². The third-order valence-electron chi connectivity index (χ3n) is 4.26. The van der Waals surface area contributed by atoms with Crippen LogP contribution in [0.25, 0.3) is 0 Å². The first kappa shape index (κ1) is 16.2. The normalized spacial score (nSPS) is 15.8. The molecule has 1 aliphatic heterocycles. The fraction of sp³-hybridized carbons (Fsp3) is 0.263. The van der Waals surface area contributed by atoms with E-state index in [4.69, 9.17) is 0 Å². The molecule has 3 rings (SSSR count). The number of nitrogens with one attached hydrogen (secondary N) is 1. The Morgan fingerprint density at radius 1 is 1.08 bits per heavy atom. The zero-order valence-corrected chi connectivity index (χ0v) is 13.5. The van der Waals surface area contributed by atoms with Crippen LogP contribution in [-0.4, -0.2) is 43.4 Å².